The summed E-state index contributed by atoms with van der Waals surface area (Å²) in [5.41, 5.74) is 4.52. The Bertz CT molecular complexity index is 1410. The molecule has 7 heteroatoms. The van der Waals surface area contributed by atoms with Gasteiger partial charge in [-0.1, -0.05) is 36.4 Å². The van der Waals surface area contributed by atoms with Crippen LogP contribution in [0.4, 0.5) is 5.69 Å². The highest BCUT2D eigenvalue weighted by molar-refractivity contribution is 7.97. The van der Waals surface area contributed by atoms with Crippen molar-refractivity contribution in [1.29, 1.82) is 0 Å². The Morgan fingerprint density at radius 3 is 2.57 bits per heavy atom. The highest BCUT2D eigenvalue weighted by Crippen LogP contribution is 2.51. The average molecular weight is 510 g/mol. The number of hydrogen-bond acceptors (Lipinski definition) is 6. The molecule has 1 aliphatic carbocycles. The molecule has 4 aromatic rings. The number of nitrogens with zero attached hydrogens (tertiary/aromatic N) is 1. The first-order valence-electron chi connectivity index (χ1n) is 12.4. The van der Waals surface area contributed by atoms with Gasteiger partial charge in [0.1, 0.15) is 0 Å². The summed E-state index contributed by atoms with van der Waals surface area (Å²) in [5, 5.41) is 3.15. The Hall–Kier alpha value is -3.81. The molecule has 0 spiro atoms. The molecule has 0 bridgehead atoms. The van der Waals surface area contributed by atoms with E-state index in [9.17, 15) is 4.79 Å². The molecular weight excluding hydrogens is 482 g/mol. The molecule has 0 saturated heterocycles. The van der Waals surface area contributed by atoms with Gasteiger partial charge in [0.05, 0.1) is 5.41 Å². The summed E-state index contributed by atoms with van der Waals surface area (Å²) in [5.74, 6) is 1.47. The van der Waals surface area contributed by atoms with E-state index >= 15 is 0 Å². The molecule has 1 fully saturated rings. The van der Waals surface area contributed by atoms with Gasteiger partial charge in [-0.05, 0) is 90.0 Å². The second-order valence-corrected chi connectivity index (χ2v) is 10.2. The number of aromatic nitrogens is 1. The molecule has 1 amide bonds. The molecule has 0 unspecified atom stereocenters. The largest absolute Gasteiger partial charge is 0.454 e. The fourth-order valence-corrected chi connectivity index (χ4v) is 5.21. The van der Waals surface area contributed by atoms with E-state index in [2.05, 4.69) is 45.4 Å². The van der Waals surface area contributed by atoms with E-state index in [1.54, 1.807) is 11.9 Å². The van der Waals surface area contributed by atoms with Crippen molar-refractivity contribution in [3.8, 4) is 22.6 Å². The third kappa shape index (κ3) is 5.19. The summed E-state index contributed by atoms with van der Waals surface area (Å²) in [6.07, 6.45) is 4.37. The molecule has 1 aromatic heterocycles. The average Bonchev–Trinajstić information content (AvgIpc) is 3.63. The molecule has 2 N–H and O–H groups in total. The summed E-state index contributed by atoms with van der Waals surface area (Å²) < 4.78 is 14.3. The molecule has 1 aliphatic heterocycles. The zero-order chi connectivity index (χ0) is 25.1. The van der Waals surface area contributed by atoms with Crippen molar-refractivity contribution in [2.24, 2.45) is 0 Å². The number of ether oxygens (including phenoxy) is 2. The van der Waals surface area contributed by atoms with Crippen LogP contribution < -0.4 is 19.5 Å². The van der Waals surface area contributed by atoms with Gasteiger partial charge in [-0.15, -0.1) is 0 Å². The van der Waals surface area contributed by atoms with Crippen molar-refractivity contribution in [2.75, 3.05) is 18.7 Å². The molecule has 2 heterocycles. The van der Waals surface area contributed by atoms with Crippen molar-refractivity contribution in [3.05, 3.63) is 102 Å². The monoisotopic (exact) mass is 509 g/mol. The van der Waals surface area contributed by atoms with Gasteiger partial charge in [0.2, 0.25) is 12.7 Å². The number of pyridine rings is 1. The van der Waals surface area contributed by atoms with Crippen LogP contribution in [0.1, 0.15) is 24.1 Å². The first kappa shape index (κ1) is 23.6. The van der Waals surface area contributed by atoms with Crippen LogP contribution in [0.15, 0.2) is 96.0 Å². The SMILES string of the molecule is O=C(Nc1cccc(-c2ccc(SNCCc3ccccn3)cc2)c1)C1(c2ccc3c(c2)OCO3)CC1. The highest BCUT2D eigenvalue weighted by atomic mass is 32.2. The van der Waals surface area contributed by atoms with Gasteiger partial charge < -0.3 is 14.8 Å². The van der Waals surface area contributed by atoms with Gasteiger partial charge in [0.25, 0.3) is 0 Å². The predicted octanol–water partition coefficient (Wildman–Crippen LogP) is 5.99. The smallest absolute Gasteiger partial charge is 0.235 e. The number of nitrogens with one attached hydrogen (secondary N) is 2. The number of fused-ring (bicyclic) bond motifs is 1. The summed E-state index contributed by atoms with van der Waals surface area (Å²) in [7, 11) is 0. The van der Waals surface area contributed by atoms with Gasteiger partial charge in [-0.3, -0.25) is 14.5 Å². The third-order valence-electron chi connectivity index (χ3n) is 6.82. The van der Waals surface area contributed by atoms with E-state index in [0.29, 0.717) is 5.75 Å². The number of amides is 1. The van der Waals surface area contributed by atoms with Gasteiger partial charge in [-0.25, -0.2) is 0 Å². The van der Waals surface area contributed by atoms with E-state index < -0.39 is 5.41 Å². The van der Waals surface area contributed by atoms with Crippen LogP contribution >= 0.6 is 11.9 Å². The number of carbonyl (C=O) groups is 1. The van der Waals surface area contributed by atoms with Gasteiger partial charge >= 0.3 is 0 Å². The zero-order valence-corrected chi connectivity index (χ0v) is 21.1. The molecule has 6 rings (SSSR count). The van der Waals surface area contributed by atoms with Gasteiger partial charge in [0.15, 0.2) is 11.5 Å². The van der Waals surface area contributed by atoms with Crippen molar-refractivity contribution in [2.45, 2.75) is 29.6 Å². The van der Waals surface area contributed by atoms with Crippen molar-refractivity contribution in [3.63, 3.8) is 0 Å². The summed E-state index contributed by atoms with van der Waals surface area (Å²) in [6.45, 7) is 1.08. The first-order valence-corrected chi connectivity index (χ1v) is 13.2. The maximum absolute atomic E-state index is 13.3. The van der Waals surface area contributed by atoms with E-state index in [0.717, 1.165) is 64.5 Å². The maximum Gasteiger partial charge on any atom is 0.235 e. The van der Waals surface area contributed by atoms with Crippen LogP contribution in [0.3, 0.4) is 0 Å². The Morgan fingerprint density at radius 2 is 1.76 bits per heavy atom. The minimum Gasteiger partial charge on any atom is -0.454 e. The number of benzene rings is 3. The van der Waals surface area contributed by atoms with Gasteiger partial charge in [0, 0.05) is 35.4 Å². The Balaban J connectivity index is 1.07. The lowest BCUT2D eigenvalue weighted by atomic mass is 9.94. The number of hydrogen-bond donors (Lipinski definition) is 2. The van der Waals surface area contributed by atoms with E-state index in [-0.39, 0.29) is 12.7 Å². The zero-order valence-electron chi connectivity index (χ0n) is 20.3. The molecule has 6 nitrogen and oxygen atoms in total. The molecule has 0 radical (unpaired) electrons. The van der Waals surface area contributed by atoms with Crippen molar-refractivity contribution < 1.29 is 14.3 Å². The maximum atomic E-state index is 13.3. The number of carbonyl (C=O) groups excluding carboxylic acids is 1. The standard InChI is InChI=1S/C30H27N3O3S/c34-29(30(14-15-30)23-9-12-27-28(19-23)36-20-35-27)33-25-6-3-4-22(18-25)21-7-10-26(11-8-21)37-32-17-13-24-5-1-2-16-31-24/h1-12,16,18-19,32H,13-15,17,20H2,(H,33,34). The number of anilines is 1. The summed E-state index contributed by atoms with van der Waals surface area (Å²) in [6, 6.07) is 28.2. The minimum atomic E-state index is -0.501. The van der Waals surface area contributed by atoms with Crippen LogP contribution in [0.25, 0.3) is 11.1 Å². The Morgan fingerprint density at radius 1 is 0.892 bits per heavy atom. The molecule has 3 aromatic carbocycles. The van der Waals surface area contributed by atoms with Crippen LogP contribution in [0, 0.1) is 0 Å². The molecule has 186 valence electrons. The van der Waals surface area contributed by atoms with Crippen LogP contribution in [-0.2, 0) is 16.6 Å². The normalized spacial score (nSPS) is 14.8. The highest BCUT2D eigenvalue weighted by Gasteiger charge is 2.51. The first-order chi connectivity index (χ1) is 18.2. The molecular formula is C30H27N3O3S. The van der Waals surface area contributed by atoms with E-state index in [4.69, 9.17) is 9.47 Å². The van der Waals surface area contributed by atoms with Crippen molar-refractivity contribution >= 4 is 23.5 Å². The fraction of sp³-hybridized carbons (Fsp3) is 0.200. The lowest BCUT2D eigenvalue weighted by molar-refractivity contribution is -0.118. The van der Waals surface area contributed by atoms with E-state index in [1.165, 1.54) is 0 Å². The predicted molar refractivity (Wildman–Crippen MR) is 146 cm³/mol. The summed E-state index contributed by atoms with van der Waals surface area (Å²) in [4.78, 5) is 18.8. The van der Waals surface area contributed by atoms with E-state index in [1.807, 2.05) is 60.8 Å². The second kappa shape index (κ2) is 10.3. The lowest BCUT2D eigenvalue weighted by Gasteiger charge is -2.17. The summed E-state index contributed by atoms with van der Waals surface area (Å²) >= 11 is 1.62. The van der Waals surface area contributed by atoms with Crippen LogP contribution in [0.2, 0.25) is 0 Å². The third-order valence-corrected chi connectivity index (χ3v) is 7.67. The quantitative estimate of drug-likeness (QED) is 0.213. The Labute approximate surface area is 220 Å². The van der Waals surface area contributed by atoms with Crippen LogP contribution in [0.5, 0.6) is 11.5 Å². The fourth-order valence-electron chi connectivity index (χ4n) is 4.57. The Kier molecular flexibility index (Phi) is 6.55. The molecule has 37 heavy (non-hydrogen) atoms. The van der Waals surface area contributed by atoms with Crippen molar-refractivity contribution in [1.82, 2.24) is 9.71 Å². The topological polar surface area (TPSA) is 72.5 Å². The van der Waals surface area contributed by atoms with Gasteiger partial charge in [-0.2, -0.15) is 0 Å². The minimum absolute atomic E-state index is 0.0204. The second-order valence-electron chi connectivity index (χ2n) is 9.28. The molecule has 2 aliphatic rings. The lowest BCUT2D eigenvalue weighted by Crippen LogP contribution is -2.27. The van der Waals surface area contributed by atoms with Crippen LogP contribution in [-0.4, -0.2) is 24.2 Å². The number of rotatable bonds is 9. The molecule has 0 atom stereocenters. The molecule has 1 saturated carbocycles.